The first kappa shape index (κ1) is 28.1. The molecule has 37 heavy (non-hydrogen) atoms. The first-order chi connectivity index (χ1) is 17.6. The number of amides is 1. The Labute approximate surface area is 220 Å². The van der Waals surface area contributed by atoms with Gasteiger partial charge in [0.1, 0.15) is 17.3 Å². The molecule has 1 saturated heterocycles. The lowest BCUT2D eigenvalue weighted by Crippen LogP contribution is -2.47. The Kier molecular flexibility index (Phi) is 9.38. The van der Waals surface area contributed by atoms with E-state index in [0.717, 1.165) is 84.1 Å². The van der Waals surface area contributed by atoms with E-state index >= 15 is 0 Å². The molecule has 1 amide bonds. The van der Waals surface area contributed by atoms with Crippen LogP contribution in [0.5, 0.6) is 0 Å². The van der Waals surface area contributed by atoms with Gasteiger partial charge < -0.3 is 15.3 Å². The van der Waals surface area contributed by atoms with Crippen molar-refractivity contribution in [2.45, 2.75) is 103 Å². The number of aliphatic hydroxyl groups excluding tert-OH is 1. The summed E-state index contributed by atoms with van der Waals surface area (Å²) < 4.78 is 26.9. The minimum absolute atomic E-state index is 0.0733. The van der Waals surface area contributed by atoms with E-state index in [1.165, 1.54) is 12.5 Å². The van der Waals surface area contributed by atoms with Gasteiger partial charge in [0, 0.05) is 49.6 Å². The number of piperazine rings is 1. The summed E-state index contributed by atoms with van der Waals surface area (Å²) in [6.45, 7) is 10.3. The highest BCUT2D eigenvalue weighted by Crippen LogP contribution is 2.30. The predicted octanol–water partition coefficient (Wildman–Crippen LogP) is 4.45. The largest absolute Gasteiger partial charge is 0.393 e. The molecular formula is C28H45F2N5O2. The molecule has 2 N–H and O–H groups in total. The fourth-order valence-electron chi connectivity index (χ4n) is 5.88. The average molecular weight is 522 g/mol. The van der Waals surface area contributed by atoms with Gasteiger partial charge in [0.15, 0.2) is 0 Å². The second kappa shape index (κ2) is 12.3. The monoisotopic (exact) mass is 521 g/mol. The summed E-state index contributed by atoms with van der Waals surface area (Å²) in [4.78, 5) is 25.9. The molecular weight excluding hydrogens is 476 g/mol. The van der Waals surface area contributed by atoms with Crippen LogP contribution in [-0.2, 0) is 10.2 Å². The van der Waals surface area contributed by atoms with E-state index in [4.69, 9.17) is 0 Å². The maximum atomic E-state index is 13.5. The summed E-state index contributed by atoms with van der Waals surface area (Å²) in [5.41, 5.74) is -0.579. The van der Waals surface area contributed by atoms with E-state index in [2.05, 4.69) is 25.1 Å². The second-order valence-electron chi connectivity index (χ2n) is 12.4. The molecule has 1 aromatic rings. The number of nitrogens with zero attached hydrogens (tertiary/aromatic N) is 4. The van der Waals surface area contributed by atoms with Gasteiger partial charge in [-0.25, -0.2) is 18.7 Å². The topological polar surface area (TPSA) is 81.6 Å². The van der Waals surface area contributed by atoms with E-state index in [1.54, 1.807) is 0 Å². The minimum atomic E-state index is -2.60. The van der Waals surface area contributed by atoms with Crippen molar-refractivity contribution in [1.29, 1.82) is 0 Å². The zero-order chi connectivity index (χ0) is 26.6. The maximum Gasteiger partial charge on any atom is 0.280 e. The predicted molar refractivity (Wildman–Crippen MR) is 141 cm³/mol. The minimum Gasteiger partial charge on any atom is -0.393 e. The van der Waals surface area contributed by atoms with Gasteiger partial charge in [-0.05, 0) is 70.3 Å². The highest BCUT2D eigenvalue weighted by atomic mass is 19.3. The number of hydrogen-bond donors (Lipinski definition) is 2. The number of nitrogens with one attached hydrogen (secondary N) is 1. The number of halogens is 2. The van der Waals surface area contributed by atoms with E-state index in [-0.39, 0.29) is 29.0 Å². The molecule has 0 bridgehead atoms. The number of alkyl halides is 2. The fraction of sp³-hybridized carbons (Fsp3) is 0.821. The number of anilines is 1. The van der Waals surface area contributed by atoms with Crippen molar-refractivity contribution in [2.24, 2.45) is 11.8 Å². The molecule has 9 heteroatoms. The summed E-state index contributed by atoms with van der Waals surface area (Å²) in [6.07, 6.45) is 5.84. The fourth-order valence-corrected chi connectivity index (χ4v) is 5.88. The van der Waals surface area contributed by atoms with Gasteiger partial charge >= 0.3 is 0 Å². The number of carbonyl (C=O) groups excluding carboxylic acids is 1. The molecule has 0 unspecified atom stereocenters. The van der Waals surface area contributed by atoms with Crippen molar-refractivity contribution in [3.8, 4) is 0 Å². The first-order valence-corrected chi connectivity index (χ1v) is 14.2. The Morgan fingerprint density at radius 2 is 1.68 bits per heavy atom. The second-order valence-corrected chi connectivity index (χ2v) is 12.4. The van der Waals surface area contributed by atoms with Crippen molar-refractivity contribution in [3.05, 3.63) is 17.6 Å². The molecule has 3 aliphatic rings. The molecule has 2 aliphatic carbocycles. The molecule has 0 spiro atoms. The lowest BCUT2D eigenvalue weighted by Gasteiger charge is -2.37. The number of aromatic nitrogens is 2. The zero-order valence-corrected chi connectivity index (χ0v) is 22.8. The Hall–Kier alpha value is -1.87. The average Bonchev–Trinajstić information content (AvgIpc) is 2.88. The third kappa shape index (κ3) is 7.82. The van der Waals surface area contributed by atoms with Crippen LogP contribution in [0, 0.1) is 11.8 Å². The number of carbonyl (C=O) groups is 1. The van der Waals surface area contributed by atoms with Gasteiger partial charge in [0.05, 0.1) is 6.10 Å². The third-order valence-electron chi connectivity index (χ3n) is 8.44. The molecule has 4 rings (SSSR count). The molecule has 2 saturated carbocycles. The summed E-state index contributed by atoms with van der Waals surface area (Å²) in [5, 5.41) is 12.9. The lowest BCUT2D eigenvalue weighted by atomic mass is 9.83. The molecule has 0 aromatic carbocycles. The zero-order valence-electron chi connectivity index (χ0n) is 22.8. The quantitative estimate of drug-likeness (QED) is 0.552. The van der Waals surface area contributed by atoms with Crippen LogP contribution in [0.1, 0.15) is 96.5 Å². The van der Waals surface area contributed by atoms with Crippen LogP contribution >= 0.6 is 0 Å². The Bertz CT molecular complexity index is 885. The Morgan fingerprint density at radius 3 is 2.27 bits per heavy atom. The van der Waals surface area contributed by atoms with E-state index in [0.29, 0.717) is 23.6 Å². The lowest BCUT2D eigenvalue weighted by molar-refractivity contribution is -0.127. The first-order valence-electron chi connectivity index (χ1n) is 14.2. The maximum absolute atomic E-state index is 13.5. The van der Waals surface area contributed by atoms with Crippen molar-refractivity contribution < 1.29 is 18.7 Å². The summed E-state index contributed by atoms with van der Waals surface area (Å²) in [6, 6.07) is 1.74. The van der Waals surface area contributed by atoms with Crippen LogP contribution in [-0.4, -0.2) is 70.8 Å². The van der Waals surface area contributed by atoms with E-state index < -0.39 is 6.43 Å². The van der Waals surface area contributed by atoms with Gasteiger partial charge in [-0.1, -0.05) is 20.8 Å². The van der Waals surface area contributed by atoms with Gasteiger partial charge in [-0.3, -0.25) is 9.69 Å². The van der Waals surface area contributed by atoms with Crippen LogP contribution in [0.25, 0.3) is 0 Å². The molecule has 208 valence electrons. The molecule has 1 aromatic heterocycles. The van der Waals surface area contributed by atoms with Gasteiger partial charge in [0.25, 0.3) is 6.43 Å². The summed E-state index contributed by atoms with van der Waals surface area (Å²) in [5.74, 6) is 2.03. The Morgan fingerprint density at radius 1 is 1.03 bits per heavy atom. The van der Waals surface area contributed by atoms with E-state index in [9.17, 15) is 18.7 Å². The SMILES string of the molecule is CC(C)(C)c1nc(C(F)F)cc(N2CCN(CC[C@H]3CC[C@@H](NC(=O)[C@H]4CC[C@H](O)CC4)CC3)CC2)n1. The van der Waals surface area contributed by atoms with Crippen LogP contribution in [0.3, 0.4) is 0 Å². The molecule has 7 nitrogen and oxygen atoms in total. The molecule has 1 aliphatic heterocycles. The van der Waals surface area contributed by atoms with Crippen molar-refractivity contribution in [2.75, 3.05) is 37.6 Å². The smallest absolute Gasteiger partial charge is 0.280 e. The van der Waals surface area contributed by atoms with Gasteiger partial charge in [0.2, 0.25) is 5.91 Å². The number of aliphatic hydroxyl groups is 1. The number of rotatable bonds is 7. The number of hydrogen-bond acceptors (Lipinski definition) is 6. The molecule has 3 fully saturated rings. The highest BCUT2D eigenvalue weighted by molar-refractivity contribution is 5.79. The van der Waals surface area contributed by atoms with Crippen molar-refractivity contribution in [3.63, 3.8) is 0 Å². The summed E-state index contributed by atoms with van der Waals surface area (Å²) >= 11 is 0. The van der Waals surface area contributed by atoms with E-state index in [1.807, 2.05) is 20.8 Å². The standard InChI is InChI=1S/C28H45F2N5O2/c1-28(2,3)27-32-23(25(29)30)18-24(33-27)35-16-14-34(15-17-35)13-12-19-4-8-21(9-5-19)31-26(37)20-6-10-22(36)11-7-20/h18-22,25,36H,4-17H2,1-3H3,(H,31,37)/t19-,20-,21+,22-. The van der Waals surface area contributed by atoms with Gasteiger partial charge in [-0.2, -0.15) is 0 Å². The van der Waals surface area contributed by atoms with Crippen LogP contribution in [0.2, 0.25) is 0 Å². The van der Waals surface area contributed by atoms with Gasteiger partial charge in [-0.15, -0.1) is 0 Å². The molecule has 0 radical (unpaired) electrons. The third-order valence-corrected chi connectivity index (χ3v) is 8.44. The van der Waals surface area contributed by atoms with Crippen LogP contribution < -0.4 is 10.2 Å². The highest BCUT2D eigenvalue weighted by Gasteiger charge is 2.29. The van der Waals surface area contributed by atoms with Crippen LogP contribution in [0.4, 0.5) is 14.6 Å². The van der Waals surface area contributed by atoms with Crippen molar-refractivity contribution >= 4 is 11.7 Å². The van der Waals surface area contributed by atoms with Crippen LogP contribution in [0.15, 0.2) is 6.07 Å². The van der Waals surface area contributed by atoms with Crippen molar-refractivity contribution in [1.82, 2.24) is 20.2 Å². The normalized spacial score (nSPS) is 27.9. The Balaban J connectivity index is 1.18. The summed E-state index contributed by atoms with van der Waals surface area (Å²) in [7, 11) is 0. The molecule has 2 heterocycles. The molecule has 0 atom stereocenters.